The minimum absolute atomic E-state index is 0.0698. The molecule has 33 heavy (non-hydrogen) atoms. The van der Waals surface area contributed by atoms with Crippen LogP contribution in [0.5, 0.6) is 11.5 Å². The molecule has 0 bridgehead atoms. The molecule has 0 atom stereocenters. The van der Waals surface area contributed by atoms with E-state index in [0.717, 1.165) is 10.2 Å². The third-order valence-electron chi connectivity index (χ3n) is 4.88. The number of fused-ring (bicyclic) bond motifs is 1. The van der Waals surface area contributed by atoms with Crippen molar-refractivity contribution in [2.75, 3.05) is 14.2 Å². The molecule has 0 saturated heterocycles. The molecule has 4 aromatic rings. The number of esters is 1. The molecule has 0 aliphatic rings. The summed E-state index contributed by atoms with van der Waals surface area (Å²) in [6.07, 6.45) is -0.304. The summed E-state index contributed by atoms with van der Waals surface area (Å²) in [4.78, 5) is 25.4. The monoisotopic (exact) mass is 449 g/mol. The van der Waals surface area contributed by atoms with Gasteiger partial charge in [0.1, 0.15) is 23.7 Å². The second kappa shape index (κ2) is 9.11. The fraction of sp³-hybridized carbons (Fsp3) is 0.261. The van der Waals surface area contributed by atoms with E-state index in [-0.39, 0.29) is 18.4 Å². The van der Waals surface area contributed by atoms with E-state index in [1.54, 1.807) is 52.3 Å². The van der Waals surface area contributed by atoms with E-state index in [0.29, 0.717) is 28.5 Å². The highest BCUT2D eigenvalue weighted by Crippen LogP contribution is 2.31. The van der Waals surface area contributed by atoms with Crippen molar-refractivity contribution in [1.29, 1.82) is 0 Å². The predicted molar refractivity (Wildman–Crippen MR) is 120 cm³/mol. The lowest BCUT2D eigenvalue weighted by Gasteiger charge is -2.11. The molecule has 0 unspecified atom stereocenters. The van der Waals surface area contributed by atoms with Crippen molar-refractivity contribution in [3.63, 3.8) is 0 Å². The van der Waals surface area contributed by atoms with Gasteiger partial charge in [0.2, 0.25) is 0 Å². The lowest BCUT2D eigenvalue weighted by Crippen LogP contribution is -2.27. The standard InChI is InChI=1S/C23H23N5O5/c1-14(2)33-19(29)13-27-23(30)28-21(16-7-11-18(32-4)12-8-16)20(24-25-22(28)26-27)15-5-9-17(31-3)10-6-15/h5-12,14H,13H2,1-4H3. The van der Waals surface area contributed by atoms with Gasteiger partial charge >= 0.3 is 11.7 Å². The SMILES string of the molecule is COc1ccc(-c2nnc3nn(CC(=O)OC(C)C)c(=O)n3c2-c2ccc(OC)cc2)cc1. The van der Waals surface area contributed by atoms with Crippen LogP contribution in [0, 0.1) is 0 Å². The fourth-order valence-electron chi connectivity index (χ4n) is 3.39. The number of carbonyl (C=O) groups is 1. The first-order chi connectivity index (χ1) is 15.9. The van der Waals surface area contributed by atoms with Crippen LogP contribution in [-0.4, -0.2) is 50.7 Å². The summed E-state index contributed by atoms with van der Waals surface area (Å²) >= 11 is 0. The Morgan fingerprint density at radius 1 is 0.909 bits per heavy atom. The van der Waals surface area contributed by atoms with Gasteiger partial charge in [0.25, 0.3) is 5.78 Å². The summed E-state index contributed by atoms with van der Waals surface area (Å²) in [5, 5.41) is 12.7. The quantitative estimate of drug-likeness (QED) is 0.396. The average molecular weight is 449 g/mol. The molecule has 0 N–H and O–H groups in total. The number of carbonyl (C=O) groups excluding carboxylic acids is 1. The zero-order valence-corrected chi connectivity index (χ0v) is 18.7. The zero-order chi connectivity index (χ0) is 23.5. The molecule has 10 heteroatoms. The van der Waals surface area contributed by atoms with Crippen LogP contribution in [0.1, 0.15) is 13.8 Å². The summed E-state index contributed by atoms with van der Waals surface area (Å²) in [6, 6.07) is 14.5. The first-order valence-electron chi connectivity index (χ1n) is 10.3. The highest BCUT2D eigenvalue weighted by Gasteiger charge is 2.21. The van der Waals surface area contributed by atoms with Crippen molar-refractivity contribution in [3.05, 3.63) is 59.0 Å². The lowest BCUT2D eigenvalue weighted by molar-refractivity contribution is -0.148. The second-order valence-corrected chi connectivity index (χ2v) is 7.47. The molecule has 2 heterocycles. The summed E-state index contributed by atoms with van der Waals surface area (Å²) < 4.78 is 18.0. The normalized spacial score (nSPS) is 11.1. The molecule has 0 aliphatic heterocycles. The van der Waals surface area contributed by atoms with E-state index in [4.69, 9.17) is 14.2 Å². The van der Waals surface area contributed by atoms with Crippen molar-refractivity contribution in [1.82, 2.24) is 24.4 Å². The Morgan fingerprint density at radius 3 is 2.03 bits per heavy atom. The van der Waals surface area contributed by atoms with Crippen LogP contribution >= 0.6 is 0 Å². The van der Waals surface area contributed by atoms with E-state index in [1.807, 2.05) is 24.3 Å². The lowest BCUT2D eigenvalue weighted by atomic mass is 10.0. The van der Waals surface area contributed by atoms with Crippen LogP contribution in [0.25, 0.3) is 28.3 Å². The van der Waals surface area contributed by atoms with Crippen LogP contribution < -0.4 is 15.2 Å². The van der Waals surface area contributed by atoms with Gasteiger partial charge in [-0.3, -0.25) is 4.79 Å². The minimum Gasteiger partial charge on any atom is -0.497 e. The van der Waals surface area contributed by atoms with Crippen molar-refractivity contribution in [2.24, 2.45) is 0 Å². The average Bonchev–Trinajstić information content (AvgIpc) is 3.13. The Hall–Kier alpha value is -4.21. The molecule has 0 aliphatic carbocycles. The largest absolute Gasteiger partial charge is 0.497 e. The van der Waals surface area contributed by atoms with Crippen molar-refractivity contribution < 1.29 is 19.0 Å². The molecule has 0 saturated carbocycles. The highest BCUT2D eigenvalue weighted by atomic mass is 16.5. The Bertz CT molecular complexity index is 1340. The molecule has 2 aromatic heterocycles. The zero-order valence-electron chi connectivity index (χ0n) is 18.7. The first-order valence-corrected chi connectivity index (χ1v) is 10.3. The van der Waals surface area contributed by atoms with Crippen molar-refractivity contribution in [3.8, 4) is 34.0 Å². The van der Waals surface area contributed by atoms with Crippen LogP contribution in [0.3, 0.4) is 0 Å². The first kappa shape index (κ1) is 22.0. The molecule has 170 valence electrons. The Balaban J connectivity index is 1.92. The van der Waals surface area contributed by atoms with Gasteiger partial charge in [-0.05, 0) is 62.4 Å². The smallest absolute Gasteiger partial charge is 0.352 e. The second-order valence-electron chi connectivity index (χ2n) is 7.47. The van der Waals surface area contributed by atoms with Gasteiger partial charge in [-0.25, -0.2) is 9.20 Å². The van der Waals surface area contributed by atoms with Gasteiger partial charge in [0.05, 0.1) is 26.0 Å². The number of nitrogens with zero attached hydrogens (tertiary/aromatic N) is 5. The maximum atomic E-state index is 13.3. The minimum atomic E-state index is -0.565. The molecule has 10 nitrogen and oxygen atoms in total. The number of aromatic nitrogens is 5. The van der Waals surface area contributed by atoms with E-state index >= 15 is 0 Å². The van der Waals surface area contributed by atoms with Gasteiger partial charge < -0.3 is 14.2 Å². The van der Waals surface area contributed by atoms with E-state index < -0.39 is 11.7 Å². The fourth-order valence-corrected chi connectivity index (χ4v) is 3.39. The molecule has 0 spiro atoms. The summed E-state index contributed by atoms with van der Waals surface area (Å²) in [5.41, 5.74) is 1.87. The van der Waals surface area contributed by atoms with Crippen molar-refractivity contribution in [2.45, 2.75) is 26.5 Å². The molecule has 4 rings (SSSR count). The van der Waals surface area contributed by atoms with E-state index in [2.05, 4.69) is 15.3 Å². The third kappa shape index (κ3) is 4.40. The number of ether oxygens (including phenoxy) is 3. The molecule has 0 radical (unpaired) electrons. The van der Waals surface area contributed by atoms with Gasteiger partial charge in [0.15, 0.2) is 0 Å². The van der Waals surface area contributed by atoms with Crippen LogP contribution in [0.2, 0.25) is 0 Å². The number of methoxy groups -OCH3 is 2. The van der Waals surface area contributed by atoms with E-state index in [1.165, 1.54) is 4.40 Å². The topological polar surface area (TPSA) is 110 Å². The molecule has 2 aromatic carbocycles. The van der Waals surface area contributed by atoms with Gasteiger partial charge in [-0.2, -0.15) is 4.68 Å². The predicted octanol–water partition coefficient (Wildman–Crippen LogP) is 2.59. The summed E-state index contributed by atoms with van der Waals surface area (Å²) in [6.45, 7) is 3.14. The Morgan fingerprint density at radius 2 is 1.48 bits per heavy atom. The number of hydrogen-bond donors (Lipinski definition) is 0. The van der Waals surface area contributed by atoms with E-state index in [9.17, 15) is 9.59 Å². The molecule has 0 amide bonds. The van der Waals surface area contributed by atoms with Crippen LogP contribution in [0.4, 0.5) is 0 Å². The Kier molecular flexibility index (Phi) is 6.07. The Labute approximate surface area is 189 Å². The summed E-state index contributed by atoms with van der Waals surface area (Å²) in [5.74, 6) is 0.861. The van der Waals surface area contributed by atoms with Crippen molar-refractivity contribution >= 4 is 11.7 Å². The number of benzene rings is 2. The number of rotatable bonds is 7. The van der Waals surface area contributed by atoms with Gasteiger partial charge in [0, 0.05) is 11.1 Å². The maximum Gasteiger partial charge on any atom is 0.352 e. The molecular weight excluding hydrogens is 426 g/mol. The van der Waals surface area contributed by atoms with Crippen LogP contribution in [0.15, 0.2) is 53.3 Å². The molecule has 0 fully saturated rings. The van der Waals surface area contributed by atoms with Crippen LogP contribution in [-0.2, 0) is 16.1 Å². The van der Waals surface area contributed by atoms with Gasteiger partial charge in [-0.15, -0.1) is 15.3 Å². The highest BCUT2D eigenvalue weighted by molar-refractivity contribution is 5.79. The maximum absolute atomic E-state index is 13.3. The number of hydrogen-bond acceptors (Lipinski definition) is 8. The molecular formula is C23H23N5O5. The third-order valence-corrected chi connectivity index (χ3v) is 4.88. The van der Waals surface area contributed by atoms with Gasteiger partial charge in [-0.1, -0.05) is 0 Å². The summed E-state index contributed by atoms with van der Waals surface area (Å²) in [7, 11) is 3.16.